The molecule has 4 atom stereocenters. The van der Waals surface area contributed by atoms with Crippen LogP contribution in [0.1, 0.15) is 36.8 Å². The monoisotopic (exact) mass is 675 g/mol. The standard InChI is InChI=1S/C33H41N9O7/c34-22(8-5-13-37-33(35)36)29(45)40-25(11-12-28(43)44)30(46)41-26(14-18-16-38-23-9-3-1-6-20(18)23)31(47)42-27(32(48)49)15-19-17-39-24-10-4-2-7-21(19)24/h1-4,6-7,9-10,16-17,22,25-27,38-39H,5,8,11-15,34H2,(H,40,45)(H,41,46)(H,42,47)(H,43,44)(H,48,49)(H4,35,36,37). The Hall–Kier alpha value is -5.90. The molecule has 2 heterocycles. The molecule has 4 unspecified atom stereocenters. The van der Waals surface area contributed by atoms with Crippen LogP contribution >= 0.6 is 0 Å². The second-order valence-corrected chi connectivity index (χ2v) is 11.6. The van der Waals surface area contributed by atoms with Gasteiger partial charge >= 0.3 is 11.9 Å². The summed E-state index contributed by atoms with van der Waals surface area (Å²) in [5.74, 6) is -4.93. The first-order chi connectivity index (χ1) is 23.4. The van der Waals surface area contributed by atoms with Crippen LogP contribution in [0.5, 0.6) is 0 Å². The molecule has 2 aromatic heterocycles. The Kier molecular flexibility index (Phi) is 12.3. The van der Waals surface area contributed by atoms with Crippen LogP contribution in [0.15, 0.2) is 65.9 Å². The minimum Gasteiger partial charge on any atom is -0.481 e. The number of hydrogen-bond acceptors (Lipinski definition) is 7. The third-order valence-corrected chi connectivity index (χ3v) is 8.03. The molecule has 2 aromatic carbocycles. The van der Waals surface area contributed by atoms with Crippen molar-refractivity contribution in [2.45, 2.75) is 62.7 Å². The highest BCUT2D eigenvalue weighted by Gasteiger charge is 2.31. The number of H-pyrrole nitrogens is 2. The number of carbonyl (C=O) groups is 5. The van der Waals surface area contributed by atoms with Gasteiger partial charge in [0.1, 0.15) is 18.1 Å². The molecule has 13 N–H and O–H groups in total. The summed E-state index contributed by atoms with van der Waals surface area (Å²) in [4.78, 5) is 74.2. The Bertz CT molecular complexity index is 1830. The number of nitrogens with two attached hydrogens (primary N) is 3. The Morgan fingerprint density at radius 3 is 1.78 bits per heavy atom. The number of nitrogens with one attached hydrogen (secondary N) is 5. The van der Waals surface area contributed by atoms with Crippen molar-refractivity contribution in [1.82, 2.24) is 25.9 Å². The van der Waals surface area contributed by atoms with E-state index in [2.05, 4.69) is 30.9 Å². The number of carboxylic acid groups (broad SMARTS) is 2. The molecule has 260 valence electrons. The third kappa shape index (κ3) is 10.0. The Labute approximate surface area is 280 Å². The number of guanidine groups is 1. The number of aromatic nitrogens is 2. The number of aliphatic carboxylic acids is 2. The van der Waals surface area contributed by atoms with Gasteiger partial charge in [0.25, 0.3) is 0 Å². The van der Waals surface area contributed by atoms with E-state index in [0.29, 0.717) is 17.5 Å². The number of amides is 3. The smallest absolute Gasteiger partial charge is 0.326 e. The van der Waals surface area contributed by atoms with Gasteiger partial charge in [-0.05, 0) is 42.5 Å². The van der Waals surface area contributed by atoms with Crippen molar-refractivity contribution in [3.8, 4) is 0 Å². The lowest BCUT2D eigenvalue weighted by molar-refractivity contribution is -0.142. The third-order valence-electron chi connectivity index (χ3n) is 8.03. The minimum atomic E-state index is -1.37. The van der Waals surface area contributed by atoms with Gasteiger partial charge in [0, 0.05) is 60.0 Å². The van der Waals surface area contributed by atoms with E-state index < -0.39 is 60.2 Å². The molecule has 0 aliphatic carbocycles. The SMILES string of the molecule is NC(N)=NCCCC(N)C(=O)NC(CCC(=O)O)C(=O)NC(Cc1c[nH]c2ccccc12)C(=O)NC(Cc1c[nH]c2ccccc12)C(=O)O. The van der Waals surface area contributed by atoms with Gasteiger partial charge < -0.3 is 53.3 Å². The second-order valence-electron chi connectivity index (χ2n) is 11.6. The largest absolute Gasteiger partial charge is 0.481 e. The van der Waals surface area contributed by atoms with E-state index >= 15 is 0 Å². The molecule has 4 rings (SSSR count). The molecule has 0 spiro atoms. The molecule has 0 bridgehead atoms. The summed E-state index contributed by atoms with van der Waals surface area (Å²) in [7, 11) is 0. The Morgan fingerprint density at radius 2 is 1.22 bits per heavy atom. The zero-order valence-electron chi connectivity index (χ0n) is 26.6. The fraction of sp³-hybridized carbons (Fsp3) is 0.333. The number of rotatable bonds is 18. The summed E-state index contributed by atoms with van der Waals surface area (Å²) in [5.41, 5.74) is 19.6. The van der Waals surface area contributed by atoms with Gasteiger partial charge in [-0.1, -0.05) is 36.4 Å². The summed E-state index contributed by atoms with van der Waals surface area (Å²) in [6.45, 7) is 0.231. The van der Waals surface area contributed by atoms with Crippen LogP contribution in [0.2, 0.25) is 0 Å². The molecular formula is C33H41N9O7. The predicted molar refractivity (Wildman–Crippen MR) is 182 cm³/mol. The number of fused-ring (bicyclic) bond motifs is 2. The van der Waals surface area contributed by atoms with Crippen LogP contribution < -0.4 is 33.2 Å². The van der Waals surface area contributed by atoms with Gasteiger partial charge in [-0.2, -0.15) is 0 Å². The summed E-state index contributed by atoms with van der Waals surface area (Å²) >= 11 is 0. The summed E-state index contributed by atoms with van der Waals surface area (Å²) in [5, 5.41) is 28.7. The highest BCUT2D eigenvalue weighted by molar-refractivity contribution is 5.95. The molecule has 49 heavy (non-hydrogen) atoms. The maximum absolute atomic E-state index is 13.8. The number of aromatic amines is 2. The summed E-state index contributed by atoms with van der Waals surface area (Å²) in [6.07, 6.45) is 3.05. The first-order valence-electron chi connectivity index (χ1n) is 15.7. The number of hydrogen-bond donors (Lipinski definition) is 10. The van der Waals surface area contributed by atoms with Crippen molar-refractivity contribution < 1.29 is 34.2 Å². The van der Waals surface area contributed by atoms with Gasteiger partial charge in [-0.15, -0.1) is 0 Å². The van der Waals surface area contributed by atoms with Crippen molar-refractivity contribution in [2.24, 2.45) is 22.2 Å². The molecule has 16 heteroatoms. The van der Waals surface area contributed by atoms with Crippen LogP contribution in [0, 0.1) is 0 Å². The van der Waals surface area contributed by atoms with Gasteiger partial charge in [-0.25, -0.2) is 4.79 Å². The van der Waals surface area contributed by atoms with Gasteiger partial charge in [0.15, 0.2) is 5.96 Å². The summed E-state index contributed by atoms with van der Waals surface area (Å²) in [6, 6.07) is 9.57. The zero-order chi connectivity index (χ0) is 35.5. The van der Waals surface area contributed by atoms with Crippen molar-refractivity contribution in [3.05, 3.63) is 72.1 Å². The highest BCUT2D eigenvalue weighted by Crippen LogP contribution is 2.21. The van der Waals surface area contributed by atoms with Crippen LogP contribution in [0.25, 0.3) is 21.8 Å². The van der Waals surface area contributed by atoms with Crippen molar-refractivity contribution in [3.63, 3.8) is 0 Å². The fourth-order valence-corrected chi connectivity index (χ4v) is 5.46. The average molecular weight is 676 g/mol. The molecule has 16 nitrogen and oxygen atoms in total. The lowest BCUT2D eigenvalue weighted by Gasteiger charge is -2.25. The molecule has 0 fully saturated rings. The number of para-hydroxylation sites is 2. The van der Waals surface area contributed by atoms with Gasteiger partial charge in [0.2, 0.25) is 17.7 Å². The van der Waals surface area contributed by atoms with Crippen molar-refractivity contribution in [1.29, 1.82) is 0 Å². The average Bonchev–Trinajstić information content (AvgIpc) is 3.67. The Morgan fingerprint density at radius 1 is 0.714 bits per heavy atom. The molecule has 0 aliphatic rings. The maximum Gasteiger partial charge on any atom is 0.326 e. The predicted octanol–water partition coefficient (Wildman–Crippen LogP) is 0.219. The van der Waals surface area contributed by atoms with E-state index in [0.717, 1.165) is 21.8 Å². The normalized spacial score (nSPS) is 13.6. The molecule has 3 amide bonds. The minimum absolute atomic E-state index is 0.0444. The topological polar surface area (TPSA) is 284 Å². The van der Waals surface area contributed by atoms with E-state index in [9.17, 15) is 34.2 Å². The molecular weight excluding hydrogens is 634 g/mol. The van der Waals surface area contributed by atoms with E-state index in [1.54, 1.807) is 12.4 Å². The number of nitrogens with zero attached hydrogens (tertiary/aromatic N) is 1. The van der Waals surface area contributed by atoms with Crippen LogP contribution in [-0.4, -0.2) is 86.5 Å². The molecule has 0 saturated heterocycles. The van der Waals surface area contributed by atoms with Crippen LogP contribution in [0.4, 0.5) is 0 Å². The second kappa shape index (κ2) is 16.8. The van der Waals surface area contributed by atoms with Crippen LogP contribution in [0.3, 0.4) is 0 Å². The van der Waals surface area contributed by atoms with Crippen LogP contribution in [-0.2, 0) is 36.8 Å². The number of carboxylic acids is 2. The van der Waals surface area contributed by atoms with Crippen molar-refractivity contribution >= 4 is 57.4 Å². The van der Waals surface area contributed by atoms with Gasteiger partial charge in [0.05, 0.1) is 6.04 Å². The maximum atomic E-state index is 13.8. The fourth-order valence-electron chi connectivity index (χ4n) is 5.46. The lowest BCUT2D eigenvalue weighted by Crippen LogP contribution is -2.57. The van der Waals surface area contributed by atoms with E-state index in [1.165, 1.54) is 0 Å². The van der Waals surface area contributed by atoms with E-state index in [-0.39, 0.29) is 38.2 Å². The summed E-state index contributed by atoms with van der Waals surface area (Å²) < 4.78 is 0. The quantitative estimate of drug-likeness (QED) is 0.0389. The van der Waals surface area contributed by atoms with Gasteiger partial charge in [-0.3, -0.25) is 24.2 Å². The number of benzene rings is 2. The van der Waals surface area contributed by atoms with Crippen molar-refractivity contribution in [2.75, 3.05) is 6.54 Å². The Balaban J connectivity index is 1.55. The first kappa shape index (κ1) is 35.9. The molecule has 4 aromatic rings. The zero-order valence-corrected chi connectivity index (χ0v) is 26.6. The first-order valence-corrected chi connectivity index (χ1v) is 15.7. The van der Waals surface area contributed by atoms with E-state index in [1.807, 2.05) is 48.5 Å². The highest BCUT2D eigenvalue weighted by atomic mass is 16.4. The van der Waals surface area contributed by atoms with E-state index in [4.69, 9.17) is 17.2 Å². The lowest BCUT2D eigenvalue weighted by atomic mass is 10.0. The molecule has 0 radical (unpaired) electrons. The molecule has 0 aliphatic heterocycles. The number of carbonyl (C=O) groups excluding carboxylic acids is 3. The number of aliphatic imine (C=N–C) groups is 1. The molecule has 0 saturated carbocycles.